The highest BCUT2D eigenvalue weighted by Gasteiger charge is 1.93. The van der Waals surface area contributed by atoms with Crippen molar-refractivity contribution in [2.24, 2.45) is 0 Å². The minimum Gasteiger partial charge on any atom is -0.385 e. The minimum atomic E-state index is -0.472. The fourth-order valence-electron chi connectivity index (χ4n) is 0.284. The molecule has 0 spiro atoms. The Labute approximate surface area is 44.1 Å². The lowest BCUT2D eigenvalue weighted by Crippen LogP contribution is -2.01. The van der Waals surface area contributed by atoms with Crippen LogP contribution >= 0.6 is 0 Å². The zero-order valence-corrected chi connectivity index (χ0v) is 4.81. The van der Waals surface area contributed by atoms with E-state index in [0.29, 0.717) is 13.0 Å². The van der Waals surface area contributed by atoms with Crippen LogP contribution in [0.1, 0.15) is 13.3 Å². The van der Waals surface area contributed by atoms with Gasteiger partial charge in [0.2, 0.25) is 0 Å². The first-order valence-electron chi connectivity index (χ1n) is 2.42. The smallest absolute Gasteiger partial charge is 0.0924 e. The standard InChI is InChI=1S/C5H11O2/c1-5(6)3-4-7-2/h5H,3-4H2,1-2H3. The fraction of sp³-hybridized carbons (Fsp3) is 1.00. The van der Waals surface area contributed by atoms with Crippen LogP contribution < -0.4 is 0 Å². The topological polar surface area (TPSA) is 29.1 Å². The maximum absolute atomic E-state index is 10.2. The number of hydrogen-bond acceptors (Lipinski definition) is 1. The van der Waals surface area contributed by atoms with E-state index in [1.807, 2.05) is 0 Å². The van der Waals surface area contributed by atoms with Crippen molar-refractivity contribution >= 4 is 0 Å². The molecule has 0 saturated carbocycles. The number of methoxy groups -OCH3 is 1. The monoisotopic (exact) mass is 103 g/mol. The molecular weight excluding hydrogens is 92.1 g/mol. The SMILES string of the molecule is COCCC(C)[O]. The Hall–Kier alpha value is -0.0800. The molecule has 1 atom stereocenters. The van der Waals surface area contributed by atoms with Crippen LogP contribution in [0.25, 0.3) is 0 Å². The molecule has 2 nitrogen and oxygen atoms in total. The largest absolute Gasteiger partial charge is 0.385 e. The van der Waals surface area contributed by atoms with Crippen LogP contribution in [0.15, 0.2) is 0 Å². The van der Waals surface area contributed by atoms with Gasteiger partial charge in [0.05, 0.1) is 6.10 Å². The molecule has 0 aliphatic heterocycles. The van der Waals surface area contributed by atoms with Crippen LogP contribution in [0.2, 0.25) is 0 Å². The van der Waals surface area contributed by atoms with E-state index in [0.717, 1.165) is 0 Å². The molecule has 2 heteroatoms. The Morgan fingerprint density at radius 3 is 2.43 bits per heavy atom. The summed E-state index contributed by atoms with van der Waals surface area (Å²) in [5, 5.41) is 10.2. The van der Waals surface area contributed by atoms with Crippen molar-refractivity contribution in [3.8, 4) is 0 Å². The molecule has 0 rings (SSSR count). The summed E-state index contributed by atoms with van der Waals surface area (Å²) in [5.74, 6) is 0. The van der Waals surface area contributed by atoms with Gasteiger partial charge in [-0.25, -0.2) is 5.11 Å². The number of ether oxygens (including phenoxy) is 1. The maximum atomic E-state index is 10.2. The molecule has 0 N–H and O–H groups in total. The predicted octanol–water partition coefficient (Wildman–Crippen LogP) is 0.842. The Morgan fingerprint density at radius 1 is 1.71 bits per heavy atom. The lowest BCUT2D eigenvalue weighted by Gasteiger charge is -1.96. The van der Waals surface area contributed by atoms with Crippen LogP contribution in [0.5, 0.6) is 0 Å². The van der Waals surface area contributed by atoms with E-state index in [1.165, 1.54) is 0 Å². The zero-order valence-electron chi connectivity index (χ0n) is 4.81. The molecule has 43 valence electrons. The van der Waals surface area contributed by atoms with Crippen molar-refractivity contribution in [1.82, 2.24) is 0 Å². The third-order valence-electron chi connectivity index (χ3n) is 0.729. The maximum Gasteiger partial charge on any atom is 0.0924 e. The van der Waals surface area contributed by atoms with Gasteiger partial charge in [-0.1, -0.05) is 0 Å². The molecule has 7 heavy (non-hydrogen) atoms. The van der Waals surface area contributed by atoms with Gasteiger partial charge in [-0.05, 0) is 13.3 Å². The third kappa shape index (κ3) is 5.92. The molecule has 0 saturated heterocycles. The van der Waals surface area contributed by atoms with Crippen molar-refractivity contribution in [1.29, 1.82) is 0 Å². The lowest BCUT2D eigenvalue weighted by molar-refractivity contribution is 0.0673. The van der Waals surface area contributed by atoms with Crippen LogP contribution in [-0.2, 0) is 9.84 Å². The van der Waals surface area contributed by atoms with Crippen LogP contribution in [-0.4, -0.2) is 19.8 Å². The van der Waals surface area contributed by atoms with E-state index >= 15 is 0 Å². The van der Waals surface area contributed by atoms with Crippen LogP contribution in [0.3, 0.4) is 0 Å². The van der Waals surface area contributed by atoms with E-state index in [9.17, 15) is 5.11 Å². The Morgan fingerprint density at radius 2 is 2.29 bits per heavy atom. The second kappa shape index (κ2) is 4.09. The average Bonchev–Trinajstić information content (AvgIpc) is 1.61. The van der Waals surface area contributed by atoms with E-state index < -0.39 is 6.10 Å². The molecule has 0 bridgehead atoms. The van der Waals surface area contributed by atoms with Gasteiger partial charge in [0.15, 0.2) is 0 Å². The van der Waals surface area contributed by atoms with Crippen molar-refractivity contribution in [3.05, 3.63) is 0 Å². The summed E-state index contributed by atoms with van der Waals surface area (Å²) < 4.78 is 4.65. The second-order valence-corrected chi connectivity index (χ2v) is 1.59. The van der Waals surface area contributed by atoms with Crippen LogP contribution in [0, 0.1) is 0 Å². The fourth-order valence-corrected chi connectivity index (χ4v) is 0.284. The van der Waals surface area contributed by atoms with E-state index in [2.05, 4.69) is 4.74 Å². The van der Waals surface area contributed by atoms with Gasteiger partial charge in [-0.15, -0.1) is 0 Å². The van der Waals surface area contributed by atoms with E-state index in [1.54, 1.807) is 14.0 Å². The molecule has 0 aliphatic carbocycles. The quantitative estimate of drug-likeness (QED) is 0.520. The summed E-state index contributed by atoms with van der Waals surface area (Å²) in [5.41, 5.74) is 0. The first-order valence-corrected chi connectivity index (χ1v) is 2.42. The number of rotatable bonds is 3. The Bertz CT molecular complexity index is 35.1. The molecule has 0 amide bonds. The van der Waals surface area contributed by atoms with Crippen LogP contribution in [0.4, 0.5) is 0 Å². The highest BCUT2D eigenvalue weighted by molar-refractivity contribution is 4.41. The van der Waals surface area contributed by atoms with Crippen molar-refractivity contribution in [3.63, 3.8) is 0 Å². The zero-order chi connectivity index (χ0) is 5.70. The van der Waals surface area contributed by atoms with Gasteiger partial charge in [-0.2, -0.15) is 0 Å². The van der Waals surface area contributed by atoms with Gasteiger partial charge in [0.25, 0.3) is 0 Å². The minimum absolute atomic E-state index is 0.472. The Kier molecular flexibility index (Phi) is 4.04. The van der Waals surface area contributed by atoms with Crippen molar-refractivity contribution in [2.45, 2.75) is 19.4 Å². The van der Waals surface area contributed by atoms with Gasteiger partial charge in [0.1, 0.15) is 0 Å². The molecule has 1 radical (unpaired) electrons. The van der Waals surface area contributed by atoms with Crippen molar-refractivity contribution in [2.75, 3.05) is 13.7 Å². The second-order valence-electron chi connectivity index (χ2n) is 1.59. The summed E-state index contributed by atoms with van der Waals surface area (Å²) in [6.45, 7) is 2.23. The molecular formula is C5H11O2. The first kappa shape index (κ1) is 6.92. The third-order valence-corrected chi connectivity index (χ3v) is 0.729. The summed E-state index contributed by atoms with van der Waals surface area (Å²) in [4.78, 5) is 0. The van der Waals surface area contributed by atoms with Gasteiger partial charge < -0.3 is 4.74 Å². The number of hydrogen-bond donors (Lipinski definition) is 0. The van der Waals surface area contributed by atoms with Gasteiger partial charge in [-0.3, -0.25) is 0 Å². The molecule has 0 aromatic rings. The lowest BCUT2D eigenvalue weighted by atomic mass is 10.3. The molecule has 0 fully saturated rings. The summed E-state index contributed by atoms with van der Waals surface area (Å²) in [6.07, 6.45) is 0.149. The molecule has 0 aromatic heterocycles. The summed E-state index contributed by atoms with van der Waals surface area (Å²) >= 11 is 0. The average molecular weight is 103 g/mol. The van der Waals surface area contributed by atoms with E-state index in [4.69, 9.17) is 0 Å². The first-order chi connectivity index (χ1) is 3.27. The summed E-state index contributed by atoms with van der Waals surface area (Å²) in [7, 11) is 1.60. The highest BCUT2D eigenvalue weighted by atomic mass is 16.5. The van der Waals surface area contributed by atoms with Gasteiger partial charge >= 0.3 is 0 Å². The molecule has 1 unspecified atom stereocenters. The van der Waals surface area contributed by atoms with Gasteiger partial charge in [0, 0.05) is 13.7 Å². The molecule has 0 aliphatic rings. The van der Waals surface area contributed by atoms with E-state index in [-0.39, 0.29) is 0 Å². The summed E-state index contributed by atoms with van der Waals surface area (Å²) in [6, 6.07) is 0. The molecule has 0 aromatic carbocycles. The van der Waals surface area contributed by atoms with Crippen molar-refractivity contribution < 1.29 is 9.84 Å². The molecule has 0 heterocycles. The predicted molar refractivity (Wildman–Crippen MR) is 26.6 cm³/mol. The normalized spacial score (nSPS) is 14.1. The highest BCUT2D eigenvalue weighted by Crippen LogP contribution is 1.87. The Balaban J connectivity index is 2.68.